The van der Waals surface area contributed by atoms with Gasteiger partial charge in [0.05, 0.1) is 0 Å². The third-order valence-electron chi connectivity index (χ3n) is 2.98. The highest BCUT2D eigenvalue weighted by atomic mass is 17.1. The first-order valence-corrected chi connectivity index (χ1v) is 5.15. The van der Waals surface area contributed by atoms with E-state index < -0.39 is 5.60 Å². The molecule has 1 rings (SSSR count). The molecule has 0 unspecified atom stereocenters. The zero-order valence-electron chi connectivity index (χ0n) is 8.71. The van der Waals surface area contributed by atoms with Gasteiger partial charge in [0.1, 0.15) is 0 Å². The van der Waals surface area contributed by atoms with Crippen molar-refractivity contribution in [3.8, 4) is 0 Å². The first kappa shape index (κ1) is 11.4. The predicted molar refractivity (Wildman–Crippen MR) is 54.0 cm³/mol. The second kappa shape index (κ2) is 4.71. The summed E-state index contributed by atoms with van der Waals surface area (Å²) in [5.41, 5.74) is -0.521. The highest BCUT2D eigenvalue weighted by molar-refractivity contribution is 5.90. The maximum absolute atomic E-state index is 11.8. The number of carbonyl (C=O) groups excluding carboxylic acids is 1. The van der Waals surface area contributed by atoms with Gasteiger partial charge in [-0.2, -0.15) is 0 Å². The van der Waals surface area contributed by atoms with Crippen LogP contribution in [-0.4, -0.2) is 16.6 Å². The van der Waals surface area contributed by atoms with Crippen LogP contribution in [0.4, 0.5) is 0 Å². The molecule has 1 aliphatic rings. The molecular weight excluding hydrogens is 180 g/mol. The molecule has 0 amide bonds. The van der Waals surface area contributed by atoms with Gasteiger partial charge in [0, 0.05) is 6.42 Å². The molecule has 3 heteroatoms. The van der Waals surface area contributed by atoms with Crippen LogP contribution >= 0.6 is 0 Å². The van der Waals surface area contributed by atoms with Crippen molar-refractivity contribution in [2.24, 2.45) is 0 Å². The molecule has 0 radical (unpaired) electrons. The first-order chi connectivity index (χ1) is 6.63. The zero-order chi connectivity index (χ0) is 10.6. The minimum absolute atomic E-state index is 0.0350. The predicted octanol–water partition coefficient (Wildman–Crippen LogP) is 2.71. The largest absolute Gasteiger partial charge is 0.296 e. The second-order valence-electron chi connectivity index (χ2n) is 4.04. The third kappa shape index (κ3) is 2.04. The summed E-state index contributed by atoms with van der Waals surface area (Å²) in [4.78, 5) is 16.3. The number of rotatable bonds is 2. The molecule has 1 aliphatic carbocycles. The molecule has 0 aromatic carbocycles. The van der Waals surface area contributed by atoms with Crippen LogP contribution in [0.15, 0.2) is 12.2 Å². The normalized spacial score (nSPS) is 29.4. The lowest BCUT2D eigenvalue weighted by Crippen LogP contribution is -2.42. The minimum Gasteiger partial charge on any atom is -0.296 e. The Morgan fingerprint density at radius 3 is 2.64 bits per heavy atom. The summed E-state index contributed by atoms with van der Waals surface area (Å²) in [5, 5.41) is 8.92. The smallest absolute Gasteiger partial charge is 0.181 e. The molecule has 0 aliphatic heterocycles. The van der Waals surface area contributed by atoms with Crippen LogP contribution in [0.3, 0.4) is 0 Å². The van der Waals surface area contributed by atoms with Gasteiger partial charge in [-0.15, -0.1) is 0 Å². The lowest BCUT2D eigenvalue weighted by Gasteiger charge is -2.30. The summed E-state index contributed by atoms with van der Waals surface area (Å²) >= 11 is 0. The Balaban J connectivity index is 2.86. The van der Waals surface area contributed by atoms with Gasteiger partial charge >= 0.3 is 0 Å². The van der Waals surface area contributed by atoms with Gasteiger partial charge in [-0.25, -0.2) is 4.89 Å². The average Bonchev–Trinajstić information content (AvgIpc) is 2.12. The highest BCUT2D eigenvalue weighted by Gasteiger charge is 2.40. The molecule has 0 bridgehead atoms. The van der Waals surface area contributed by atoms with Gasteiger partial charge < -0.3 is 0 Å². The van der Waals surface area contributed by atoms with E-state index in [2.05, 4.69) is 11.5 Å². The topological polar surface area (TPSA) is 46.5 Å². The van der Waals surface area contributed by atoms with Crippen molar-refractivity contribution in [3.63, 3.8) is 0 Å². The molecule has 14 heavy (non-hydrogen) atoms. The van der Waals surface area contributed by atoms with E-state index in [1.807, 2.05) is 0 Å². The van der Waals surface area contributed by atoms with Gasteiger partial charge in [0.25, 0.3) is 0 Å². The van der Waals surface area contributed by atoms with Crippen LogP contribution in [0.25, 0.3) is 0 Å². The Morgan fingerprint density at radius 2 is 2.07 bits per heavy atom. The summed E-state index contributed by atoms with van der Waals surface area (Å²) in [7, 11) is 0. The monoisotopic (exact) mass is 198 g/mol. The molecule has 1 atom stereocenters. The van der Waals surface area contributed by atoms with E-state index in [0.29, 0.717) is 18.4 Å². The number of carbonyl (C=O) groups is 1. The second-order valence-corrected chi connectivity index (χ2v) is 4.04. The van der Waals surface area contributed by atoms with E-state index in [-0.39, 0.29) is 5.78 Å². The summed E-state index contributed by atoms with van der Waals surface area (Å²) < 4.78 is 0. The minimum atomic E-state index is -1.12. The number of hydrogen-bond acceptors (Lipinski definition) is 3. The number of Topliss-reactive ketones (excluding diaryl/α,β-unsaturated/α-hetero) is 1. The van der Waals surface area contributed by atoms with E-state index in [0.717, 1.165) is 25.7 Å². The summed E-state index contributed by atoms with van der Waals surface area (Å²) in [6.45, 7) is 5.47. The van der Waals surface area contributed by atoms with E-state index in [1.54, 1.807) is 6.92 Å². The molecule has 3 nitrogen and oxygen atoms in total. The molecule has 0 aromatic rings. The quantitative estimate of drug-likeness (QED) is 0.421. The summed E-state index contributed by atoms with van der Waals surface area (Å²) in [6.07, 6.45) is 5.00. The molecule has 0 saturated heterocycles. The van der Waals surface area contributed by atoms with Crippen LogP contribution in [0.5, 0.6) is 0 Å². The van der Waals surface area contributed by atoms with Gasteiger partial charge in [0.15, 0.2) is 11.4 Å². The van der Waals surface area contributed by atoms with E-state index in [4.69, 9.17) is 5.26 Å². The summed E-state index contributed by atoms with van der Waals surface area (Å²) in [5.74, 6) is -0.0350. The lowest BCUT2D eigenvalue weighted by molar-refractivity contribution is -0.302. The van der Waals surface area contributed by atoms with Gasteiger partial charge in [0.2, 0.25) is 0 Å². The van der Waals surface area contributed by atoms with Crippen molar-refractivity contribution < 1.29 is 14.9 Å². The van der Waals surface area contributed by atoms with Crippen molar-refractivity contribution >= 4 is 5.78 Å². The zero-order valence-corrected chi connectivity index (χ0v) is 8.71. The SMILES string of the molecule is C=C(C)[C@]1(OO)CCCCCCC1=O. The average molecular weight is 198 g/mol. The van der Waals surface area contributed by atoms with Crippen molar-refractivity contribution in [3.05, 3.63) is 12.2 Å². The molecule has 1 N–H and O–H groups in total. The molecule has 1 saturated carbocycles. The van der Waals surface area contributed by atoms with Gasteiger partial charge in [-0.05, 0) is 31.8 Å². The van der Waals surface area contributed by atoms with Crippen LogP contribution in [0.2, 0.25) is 0 Å². The van der Waals surface area contributed by atoms with Gasteiger partial charge in [-0.3, -0.25) is 10.1 Å². The van der Waals surface area contributed by atoms with Crippen LogP contribution in [0.1, 0.15) is 45.4 Å². The Hall–Kier alpha value is -0.670. The van der Waals surface area contributed by atoms with Gasteiger partial charge in [-0.1, -0.05) is 19.4 Å². The Bertz CT molecular complexity index is 235. The Morgan fingerprint density at radius 1 is 1.43 bits per heavy atom. The maximum atomic E-state index is 11.8. The molecule has 0 heterocycles. The van der Waals surface area contributed by atoms with Crippen molar-refractivity contribution in [2.45, 2.75) is 51.0 Å². The van der Waals surface area contributed by atoms with E-state index in [9.17, 15) is 4.79 Å². The Labute approximate surface area is 84.7 Å². The number of hydrogen-bond donors (Lipinski definition) is 1. The fourth-order valence-corrected chi connectivity index (χ4v) is 1.98. The molecule has 0 spiro atoms. The van der Waals surface area contributed by atoms with Crippen LogP contribution in [0, 0.1) is 0 Å². The summed E-state index contributed by atoms with van der Waals surface area (Å²) in [6, 6.07) is 0. The van der Waals surface area contributed by atoms with Crippen molar-refractivity contribution in [1.29, 1.82) is 0 Å². The highest BCUT2D eigenvalue weighted by Crippen LogP contribution is 2.31. The molecule has 0 aromatic heterocycles. The van der Waals surface area contributed by atoms with Crippen LogP contribution in [-0.2, 0) is 9.68 Å². The maximum Gasteiger partial charge on any atom is 0.181 e. The van der Waals surface area contributed by atoms with Crippen LogP contribution < -0.4 is 0 Å². The Kier molecular flexibility index (Phi) is 3.84. The van der Waals surface area contributed by atoms with E-state index in [1.165, 1.54) is 0 Å². The number of ketones is 1. The third-order valence-corrected chi connectivity index (χ3v) is 2.98. The lowest BCUT2D eigenvalue weighted by atomic mass is 9.81. The van der Waals surface area contributed by atoms with E-state index >= 15 is 0 Å². The molecule has 1 fully saturated rings. The first-order valence-electron chi connectivity index (χ1n) is 5.15. The standard InChI is InChI=1S/C11H18O3/c1-9(2)11(14-13)8-6-4-3-5-7-10(11)12/h13H,1,3-8H2,2H3/t11-/m1/s1. The van der Waals surface area contributed by atoms with Crippen molar-refractivity contribution in [1.82, 2.24) is 0 Å². The fraction of sp³-hybridized carbons (Fsp3) is 0.727. The fourth-order valence-electron chi connectivity index (χ4n) is 1.98. The van der Waals surface area contributed by atoms with Crippen molar-refractivity contribution in [2.75, 3.05) is 0 Å². The molecule has 80 valence electrons. The molecular formula is C11H18O3.